The second-order valence-corrected chi connectivity index (χ2v) is 16.0. The highest BCUT2D eigenvalue weighted by Crippen LogP contribution is 2.54. The van der Waals surface area contributed by atoms with Crippen LogP contribution in [0.5, 0.6) is 0 Å². The Morgan fingerprint density at radius 1 is 0.224 bits per heavy atom. The van der Waals surface area contributed by atoms with Crippen molar-refractivity contribution in [2.45, 2.75) is 27.7 Å². The topological polar surface area (TPSA) is 6.48 Å². The van der Waals surface area contributed by atoms with Gasteiger partial charge in [0, 0.05) is 55.1 Å². The molecule has 11 rings (SSSR count). The van der Waals surface area contributed by atoms with Gasteiger partial charge >= 0.3 is 0 Å². The Labute approximate surface area is 339 Å². The fourth-order valence-electron chi connectivity index (χ4n) is 9.45. The normalized spacial score (nSPS) is 11.8. The van der Waals surface area contributed by atoms with E-state index in [1.54, 1.807) is 0 Å². The van der Waals surface area contributed by atoms with Crippen LogP contribution in [0.2, 0.25) is 0 Å². The van der Waals surface area contributed by atoms with Gasteiger partial charge in [0.05, 0.1) is 11.4 Å². The first-order valence-corrected chi connectivity index (χ1v) is 20.3. The van der Waals surface area contributed by atoms with Crippen LogP contribution in [0.4, 0.5) is 34.1 Å². The van der Waals surface area contributed by atoms with Gasteiger partial charge in [0.2, 0.25) is 0 Å². The van der Waals surface area contributed by atoms with E-state index in [0.717, 1.165) is 22.7 Å². The zero-order chi connectivity index (χ0) is 39.1. The van der Waals surface area contributed by atoms with E-state index in [0.29, 0.717) is 0 Å². The zero-order valence-corrected chi connectivity index (χ0v) is 33.2. The molecule has 0 atom stereocenters. The highest BCUT2D eigenvalue weighted by molar-refractivity contribution is 6.46. The van der Waals surface area contributed by atoms with Crippen molar-refractivity contribution in [3.05, 3.63) is 204 Å². The molecule has 0 aliphatic carbocycles. The molecule has 0 spiro atoms. The molecule has 0 aliphatic heterocycles. The number of hydrogen-bond donors (Lipinski definition) is 0. The third-order valence-electron chi connectivity index (χ3n) is 12.2. The molecule has 0 saturated heterocycles. The largest absolute Gasteiger partial charge is 0.309 e. The number of anilines is 6. The summed E-state index contributed by atoms with van der Waals surface area (Å²) >= 11 is 0. The molecule has 2 heteroatoms. The van der Waals surface area contributed by atoms with Gasteiger partial charge in [-0.2, -0.15) is 0 Å². The van der Waals surface area contributed by atoms with Crippen molar-refractivity contribution in [2.24, 2.45) is 0 Å². The second-order valence-electron chi connectivity index (χ2n) is 16.0. The van der Waals surface area contributed by atoms with E-state index in [-0.39, 0.29) is 0 Å². The van der Waals surface area contributed by atoms with Crippen LogP contribution >= 0.6 is 0 Å². The lowest BCUT2D eigenvalue weighted by atomic mass is 9.83. The van der Waals surface area contributed by atoms with E-state index in [4.69, 9.17) is 0 Å². The Hall–Kier alpha value is -7.16. The Morgan fingerprint density at radius 2 is 0.466 bits per heavy atom. The third-order valence-corrected chi connectivity index (χ3v) is 12.2. The quantitative estimate of drug-likeness (QED) is 0.124. The Morgan fingerprint density at radius 3 is 0.776 bits per heavy atom. The first-order valence-electron chi connectivity index (χ1n) is 20.3. The van der Waals surface area contributed by atoms with Gasteiger partial charge in [0.15, 0.2) is 0 Å². The van der Waals surface area contributed by atoms with E-state index < -0.39 is 0 Å². The molecule has 0 amide bonds. The predicted molar refractivity (Wildman–Crippen MR) is 251 cm³/mol. The van der Waals surface area contributed by atoms with Crippen LogP contribution in [0.25, 0.3) is 64.6 Å². The molecule has 0 fully saturated rings. The fourth-order valence-corrected chi connectivity index (χ4v) is 9.45. The van der Waals surface area contributed by atoms with Gasteiger partial charge in [0.25, 0.3) is 0 Å². The van der Waals surface area contributed by atoms with Crippen LogP contribution in [0, 0.1) is 27.7 Å². The second kappa shape index (κ2) is 13.2. The lowest BCUT2D eigenvalue weighted by molar-refractivity contribution is 1.29. The highest BCUT2D eigenvalue weighted by Gasteiger charge is 2.27. The predicted octanol–water partition coefficient (Wildman–Crippen LogP) is 16.2. The van der Waals surface area contributed by atoms with Crippen LogP contribution < -0.4 is 9.80 Å². The van der Waals surface area contributed by atoms with E-state index >= 15 is 0 Å². The molecule has 0 heterocycles. The standard InChI is InChI=1S/C56H42N2/c1-35-19-27-39(28-20-35)57(40-29-21-36(2)22-30-40)55-47-13-7-5-11-45(47)53-51-43(15-9-17-49(51)55)44-16-10-18-50-52(44)54(53)46-12-6-8-14-48(46)56(50)58(41-31-23-37(3)24-32-41)42-33-25-38(4)26-34-42/h5-34H,1-4H3. The average Bonchev–Trinajstić information content (AvgIpc) is 3.26. The van der Waals surface area contributed by atoms with Gasteiger partial charge in [-0.15, -0.1) is 0 Å². The molecule has 11 aromatic carbocycles. The summed E-state index contributed by atoms with van der Waals surface area (Å²) in [6, 6.07) is 68.0. The molecule has 0 unspecified atom stereocenters. The summed E-state index contributed by atoms with van der Waals surface area (Å²) in [7, 11) is 0. The highest BCUT2D eigenvalue weighted by atomic mass is 15.2. The lowest BCUT2D eigenvalue weighted by Gasteiger charge is -2.31. The molecule has 2 nitrogen and oxygen atoms in total. The fraction of sp³-hybridized carbons (Fsp3) is 0.0714. The molecule has 11 aromatic rings. The number of aryl methyl sites for hydroxylation is 4. The van der Waals surface area contributed by atoms with Gasteiger partial charge < -0.3 is 9.80 Å². The summed E-state index contributed by atoms with van der Waals surface area (Å²) in [5.41, 5.74) is 11.9. The molecular formula is C56H42N2. The SMILES string of the molecule is Cc1ccc(N(c2ccc(C)cc2)c2c3ccccc3c3c4c2cccc4c2cccc4c(N(c5ccc(C)cc5)c5ccc(C)cc5)c5ccccc5c3c42)cc1. The van der Waals surface area contributed by atoms with Crippen molar-refractivity contribution >= 4 is 98.8 Å². The summed E-state index contributed by atoms with van der Waals surface area (Å²) in [5, 5.41) is 15.2. The smallest absolute Gasteiger partial charge is 0.0619 e. The van der Waals surface area contributed by atoms with Crippen LogP contribution in [-0.2, 0) is 0 Å². The maximum atomic E-state index is 2.47. The zero-order valence-electron chi connectivity index (χ0n) is 33.2. The number of nitrogens with zero attached hydrogens (tertiary/aromatic N) is 2. The minimum Gasteiger partial charge on any atom is -0.309 e. The molecule has 0 saturated carbocycles. The number of hydrogen-bond acceptors (Lipinski definition) is 2. The van der Waals surface area contributed by atoms with E-state index in [2.05, 4.69) is 219 Å². The molecule has 0 N–H and O–H groups in total. The summed E-state index contributed by atoms with van der Waals surface area (Å²) in [6.07, 6.45) is 0. The maximum absolute atomic E-state index is 2.47. The summed E-state index contributed by atoms with van der Waals surface area (Å²) in [5.74, 6) is 0. The number of benzene rings is 11. The summed E-state index contributed by atoms with van der Waals surface area (Å²) in [6.45, 7) is 8.64. The minimum absolute atomic E-state index is 1.14. The Balaban J connectivity index is 1.33. The van der Waals surface area contributed by atoms with Crippen molar-refractivity contribution in [2.75, 3.05) is 9.80 Å². The van der Waals surface area contributed by atoms with Crippen molar-refractivity contribution in [1.82, 2.24) is 0 Å². The minimum atomic E-state index is 1.14. The monoisotopic (exact) mass is 742 g/mol. The van der Waals surface area contributed by atoms with Crippen molar-refractivity contribution in [3.8, 4) is 0 Å². The Bertz CT molecular complexity index is 3020. The summed E-state index contributed by atoms with van der Waals surface area (Å²) < 4.78 is 0. The molecule has 0 aliphatic rings. The molecular weight excluding hydrogens is 701 g/mol. The van der Waals surface area contributed by atoms with Gasteiger partial charge in [-0.05, 0) is 109 Å². The number of rotatable bonds is 6. The lowest BCUT2D eigenvalue weighted by Crippen LogP contribution is -2.12. The van der Waals surface area contributed by atoms with Crippen LogP contribution in [0.1, 0.15) is 22.3 Å². The van der Waals surface area contributed by atoms with E-state index in [1.165, 1.54) is 98.3 Å². The summed E-state index contributed by atoms with van der Waals surface area (Å²) in [4.78, 5) is 4.95. The molecule has 0 bridgehead atoms. The van der Waals surface area contributed by atoms with Crippen molar-refractivity contribution < 1.29 is 0 Å². The van der Waals surface area contributed by atoms with Crippen LogP contribution in [0.15, 0.2) is 182 Å². The molecule has 58 heavy (non-hydrogen) atoms. The van der Waals surface area contributed by atoms with Crippen LogP contribution in [0.3, 0.4) is 0 Å². The number of fused-ring (bicyclic) bond motifs is 6. The van der Waals surface area contributed by atoms with Crippen molar-refractivity contribution in [1.29, 1.82) is 0 Å². The van der Waals surface area contributed by atoms with Gasteiger partial charge in [-0.3, -0.25) is 0 Å². The maximum Gasteiger partial charge on any atom is 0.0619 e. The van der Waals surface area contributed by atoms with Crippen LogP contribution in [-0.4, -0.2) is 0 Å². The molecule has 276 valence electrons. The van der Waals surface area contributed by atoms with Crippen molar-refractivity contribution in [3.63, 3.8) is 0 Å². The first-order chi connectivity index (χ1) is 28.4. The van der Waals surface area contributed by atoms with E-state index in [9.17, 15) is 0 Å². The van der Waals surface area contributed by atoms with Gasteiger partial charge in [-0.1, -0.05) is 156 Å². The molecule has 0 radical (unpaired) electrons. The van der Waals surface area contributed by atoms with Gasteiger partial charge in [0.1, 0.15) is 0 Å². The first kappa shape index (κ1) is 34.1. The molecule has 0 aromatic heterocycles. The third kappa shape index (κ3) is 5.18. The Kier molecular flexibility index (Phi) is 7.78. The average molecular weight is 743 g/mol. The van der Waals surface area contributed by atoms with Gasteiger partial charge in [-0.25, -0.2) is 0 Å². The van der Waals surface area contributed by atoms with E-state index in [1.807, 2.05) is 0 Å².